The molecule has 0 atom stereocenters. The van der Waals surface area contributed by atoms with Gasteiger partial charge in [0.1, 0.15) is 12.1 Å². The highest BCUT2D eigenvalue weighted by atomic mass is 16.5. The normalized spacial score (nSPS) is 11.2. The Balaban J connectivity index is 1.54. The van der Waals surface area contributed by atoms with Gasteiger partial charge in [-0.15, -0.1) is 0 Å². The predicted molar refractivity (Wildman–Crippen MR) is 115 cm³/mol. The van der Waals surface area contributed by atoms with Crippen molar-refractivity contribution in [3.8, 4) is 11.4 Å². The summed E-state index contributed by atoms with van der Waals surface area (Å²) in [4.78, 5) is 8.54. The first-order valence-corrected chi connectivity index (χ1v) is 9.14. The summed E-state index contributed by atoms with van der Waals surface area (Å²) in [7, 11) is 3.42. The van der Waals surface area contributed by atoms with E-state index in [9.17, 15) is 0 Å². The van der Waals surface area contributed by atoms with Crippen molar-refractivity contribution >= 4 is 22.9 Å². The first-order valence-electron chi connectivity index (χ1n) is 9.14. The third-order valence-corrected chi connectivity index (χ3v) is 4.64. The van der Waals surface area contributed by atoms with E-state index in [1.165, 1.54) is 5.56 Å². The number of hydrogen-bond acceptors (Lipinski definition) is 4. The molecule has 0 aliphatic heterocycles. The monoisotopic (exact) mass is 370 g/mol. The van der Waals surface area contributed by atoms with Crippen LogP contribution >= 0.6 is 0 Å². The van der Waals surface area contributed by atoms with E-state index in [0.717, 1.165) is 33.7 Å². The highest BCUT2D eigenvalue weighted by molar-refractivity contribution is 5.84. The number of benzene rings is 3. The average molecular weight is 370 g/mol. The van der Waals surface area contributed by atoms with E-state index < -0.39 is 0 Å². The molecule has 0 bridgehead atoms. The summed E-state index contributed by atoms with van der Waals surface area (Å²) in [5, 5.41) is 3.47. The molecule has 0 saturated carbocycles. The van der Waals surface area contributed by atoms with Crippen LogP contribution in [-0.2, 0) is 6.54 Å². The van der Waals surface area contributed by atoms with Crippen LogP contribution in [0.1, 0.15) is 11.1 Å². The molecule has 0 aliphatic carbocycles. The smallest absolute Gasteiger partial charge is 0.129 e. The Hall–Kier alpha value is -3.60. The van der Waals surface area contributed by atoms with Crippen LogP contribution in [0.5, 0.6) is 5.75 Å². The van der Waals surface area contributed by atoms with Crippen LogP contribution in [0, 0.1) is 0 Å². The van der Waals surface area contributed by atoms with Crippen LogP contribution in [0.15, 0.2) is 78.0 Å². The van der Waals surface area contributed by atoms with Gasteiger partial charge in [0.25, 0.3) is 0 Å². The third kappa shape index (κ3) is 3.60. The zero-order chi connectivity index (χ0) is 19.3. The minimum atomic E-state index is 0.713. The fourth-order valence-corrected chi connectivity index (χ4v) is 3.25. The molecule has 5 heteroatoms. The highest BCUT2D eigenvalue weighted by Crippen LogP contribution is 2.23. The van der Waals surface area contributed by atoms with Gasteiger partial charge < -0.3 is 10.1 Å². The molecule has 140 valence electrons. The summed E-state index contributed by atoms with van der Waals surface area (Å²) < 4.78 is 7.57. The lowest BCUT2D eigenvalue weighted by atomic mass is 10.1. The van der Waals surface area contributed by atoms with Gasteiger partial charge in [-0.25, -0.2) is 4.98 Å². The van der Waals surface area contributed by atoms with Gasteiger partial charge in [0, 0.05) is 42.8 Å². The standard InChI is InChI=1S/C23H22N4O/c1-24-15-18-10-11-19(13-23(18)28-2)25-14-17-6-5-7-20(12-17)27-16-26-21-8-3-4-9-22(21)27/h3-13,15-16,25H,14H2,1-2H3/b24-15+. The number of ether oxygens (including phenoxy) is 1. The lowest BCUT2D eigenvalue weighted by Crippen LogP contribution is -2.02. The largest absolute Gasteiger partial charge is 0.496 e. The molecule has 28 heavy (non-hydrogen) atoms. The van der Waals surface area contributed by atoms with E-state index in [1.54, 1.807) is 20.4 Å². The Morgan fingerprint density at radius 3 is 2.82 bits per heavy atom. The molecular formula is C23H22N4O. The topological polar surface area (TPSA) is 51.4 Å². The van der Waals surface area contributed by atoms with Gasteiger partial charge in [-0.3, -0.25) is 9.56 Å². The van der Waals surface area contributed by atoms with Gasteiger partial charge in [0.15, 0.2) is 0 Å². The molecule has 1 aromatic heterocycles. The third-order valence-electron chi connectivity index (χ3n) is 4.64. The molecule has 0 saturated heterocycles. The maximum atomic E-state index is 5.46. The Kier molecular flexibility index (Phi) is 5.06. The second kappa shape index (κ2) is 7.96. The number of anilines is 1. The molecule has 0 amide bonds. The van der Waals surface area contributed by atoms with Crippen LogP contribution in [-0.4, -0.2) is 29.9 Å². The minimum absolute atomic E-state index is 0.713. The Bertz CT molecular complexity index is 1130. The summed E-state index contributed by atoms with van der Waals surface area (Å²) in [5.41, 5.74) is 6.35. The molecule has 5 nitrogen and oxygen atoms in total. The van der Waals surface area contributed by atoms with Gasteiger partial charge in [-0.2, -0.15) is 0 Å². The van der Waals surface area contributed by atoms with E-state index in [-0.39, 0.29) is 0 Å². The van der Waals surface area contributed by atoms with E-state index in [1.807, 2.05) is 42.7 Å². The second-order valence-corrected chi connectivity index (χ2v) is 6.47. The maximum Gasteiger partial charge on any atom is 0.129 e. The molecule has 1 heterocycles. The van der Waals surface area contributed by atoms with Crippen LogP contribution in [0.2, 0.25) is 0 Å². The van der Waals surface area contributed by atoms with Gasteiger partial charge >= 0.3 is 0 Å². The minimum Gasteiger partial charge on any atom is -0.496 e. The van der Waals surface area contributed by atoms with E-state index >= 15 is 0 Å². The zero-order valence-electron chi connectivity index (χ0n) is 16.0. The molecule has 0 spiro atoms. The first kappa shape index (κ1) is 17.8. The molecular weight excluding hydrogens is 348 g/mol. The lowest BCUT2D eigenvalue weighted by Gasteiger charge is -2.11. The molecule has 1 N–H and O–H groups in total. The van der Waals surface area contributed by atoms with Crippen molar-refractivity contribution in [3.05, 3.63) is 84.2 Å². The fourth-order valence-electron chi connectivity index (χ4n) is 3.25. The number of methoxy groups -OCH3 is 1. The van der Waals surface area contributed by atoms with Gasteiger partial charge in [-0.1, -0.05) is 24.3 Å². The van der Waals surface area contributed by atoms with Crippen molar-refractivity contribution in [2.45, 2.75) is 6.54 Å². The molecule has 0 radical (unpaired) electrons. The Morgan fingerprint density at radius 1 is 1.07 bits per heavy atom. The molecule has 0 unspecified atom stereocenters. The quantitative estimate of drug-likeness (QED) is 0.501. The van der Waals surface area contributed by atoms with Gasteiger partial charge in [-0.05, 0) is 42.0 Å². The van der Waals surface area contributed by atoms with Crippen LogP contribution < -0.4 is 10.1 Å². The second-order valence-electron chi connectivity index (χ2n) is 6.47. The SMILES string of the molecule is C/N=C/c1ccc(NCc2cccc(-n3cnc4ccccc43)c2)cc1OC. The van der Waals surface area contributed by atoms with E-state index in [2.05, 4.69) is 50.2 Å². The van der Waals surface area contributed by atoms with E-state index in [4.69, 9.17) is 4.74 Å². The number of aliphatic imine (C=N–C) groups is 1. The molecule has 3 aromatic carbocycles. The summed E-state index contributed by atoms with van der Waals surface area (Å²) in [6, 6.07) is 22.6. The van der Waals surface area contributed by atoms with Crippen molar-refractivity contribution in [1.82, 2.24) is 9.55 Å². The number of para-hydroxylation sites is 2. The Morgan fingerprint density at radius 2 is 1.96 bits per heavy atom. The van der Waals surface area contributed by atoms with Gasteiger partial charge in [0.2, 0.25) is 0 Å². The Labute approximate surface area is 164 Å². The van der Waals surface area contributed by atoms with Crippen molar-refractivity contribution in [3.63, 3.8) is 0 Å². The summed E-state index contributed by atoms with van der Waals surface area (Å²) in [5.74, 6) is 0.800. The zero-order valence-corrected chi connectivity index (χ0v) is 16.0. The highest BCUT2D eigenvalue weighted by Gasteiger charge is 2.06. The molecule has 4 aromatic rings. The number of rotatable bonds is 6. The van der Waals surface area contributed by atoms with Crippen molar-refractivity contribution in [2.75, 3.05) is 19.5 Å². The first-order chi connectivity index (χ1) is 13.8. The van der Waals surface area contributed by atoms with Crippen molar-refractivity contribution in [1.29, 1.82) is 0 Å². The number of fused-ring (bicyclic) bond motifs is 1. The van der Waals surface area contributed by atoms with Crippen molar-refractivity contribution < 1.29 is 4.74 Å². The average Bonchev–Trinajstić information content (AvgIpc) is 3.17. The number of nitrogens with zero attached hydrogens (tertiary/aromatic N) is 3. The fraction of sp³-hybridized carbons (Fsp3) is 0.130. The number of imidazole rings is 1. The number of hydrogen-bond donors (Lipinski definition) is 1. The number of aromatic nitrogens is 2. The van der Waals surface area contributed by atoms with E-state index in [0.29, 0.717) is 6.54 Å². The predicted octanol–water partition coefficient (Wildman–Crippen LogP) is 4.69. The molecule has 4 rings (SSSR count). The molecule has 0 fully saturated rings. The number of nitrogens with one attached hydrogen (secondary N) is 1. The van der Waals surface area contributed by atoms with Crippen LogP contribution in [0.4, 0.5) is 5.69 Å². The summed E-state index contributed by atoms with van der Waals surface area (Å²) >= 11 is 0. The maximum absolute atomic E-state index is 5.46. The molecule has 0 aliphatic rings. The summed E-state index contributed by atoms with van der Waals surface area (Å²) in [6.07, 6.45) is 3.66. The summed E-state index contributed by atoms with van der Waals surface area (Å²) in [6.45, 7) is 0.713. The van der Waals surface area contributed by atoms with Gasteiger partial charge in [0.05, 0.1) is 18.1 Å². The van der Waals surface area contributed by atoms with Crippen molar-refractivity contribution in [2.24, 2.45) is 4.99 Å². The lowest BCUT2D eigenvalue weighted by molar-refractivity contribution is 0.414. The van der Waals surface area contributed by atoms with Crippen LogP contribution in [0.25, 0.3) is 16.7 Å². The van der Waals surface area contributed by atoms with Crippen LogP contribution in [0.3, 0.4) is 0 Å².